The first-order chi connectivity index (χ1) is 14.5. The van der Waals surface area contributed by atoms with Crippen molar-refractivity contribution in [3.05, 3.63) is 69.8 Å². The molecule has 0 saturated heterocycles. The van der Waals surface area contributed by atoms with Crippen LogP contribution in [0, 0.1) is 10.1 Å². The van der Waals surface area contributed by atoms with Gasteiger partial charge in [0.1, 0.15) is 12.4 Å². The van der Waals surface area contributed by atoms with Crippen LogP contribution >= 0.6 is 0 Å². The maximum absolute atomic E-state index is 11.8. The van der Waals surface area contributed by atoms with Crippen LogP contribution in [0.5, 0.6) is 5.75 Å². The number of nitrogens with one attached hydrogen (secondary N) is 2. The average Bonchev–Trinajstić information content (AvgIpc) is 3.26. The summed E-state index contributed by atoms with van der Waals surface area (Å²) in [7, 11) is 0. The molecule has 0 atom stereocenters. The summed E-state index contributed by atoms with van der Waals surface area (Å²) in [4.78, 5) is 33.7. The van der Waals surface area contributed by atoms with Crippen molar-refractivity contribution >= 4 is 23.7 Å². The summed E-state index contributed by atoms with van der Waals surface area (Å²) >= 11 is 0. The molecule has 0 spiro atoms. The van der Waals surface area contributed by atoms with E-state index in [0.29, 0.717) is 11.3 Å². The zero-order valence-electron chi connectivity index (χ0n) is 16.2. The number of rotatable bonds is 7. The Hall–Kier alpha value is -3.75. The van der Waals surface area contributed by atoms with E-state index in [1.54, 1.807) is 36.4 Å². The van der Waals surface area contributed by atoms with Crippen LogP contribution in [0.15, 0.2) is 53.6 Å². The van der Waals surface area contributed by atoms with Crippen molar-refractivity contribution < 1.29 is 19.2 Å². The van der Waals surface area contributed by atoms with Crippen LogP contribution in [0.1, 0.15) is 36.8 Å². The third-order valence-corrected chi connectivity index (χ3v) is 4.71. The third-order valence-electron chi connectivity index (χ3n) is 4.71. The minimum absolute atomic E-state index is 0.0329. The van der Waals surface area contributed by atoms with Gasteiger partial charge in [0.05, 0.1) is 11.1 Å². The maximum Gasteiger partial charge on any atom is 0.329 e. The van der Waals surface area contributed by atoms with E-state index in [1.807, 2.05) is 0 Å². The molecule has 2 N–H and O–H groups in total. The Morgan fingerprint density at radius 3 is 2.37 bits per heavy atom. The topological polar surface area (TPSA) is 123 Å². The minimum atomic E-state index is -0.791. The molecular weight excluding hydrogens is 388 g/mol. The largest absolute Gasteiger partial charge is 0.489 e. The Kier molecular flexibility index (Phi) is 7.09. The molecular formula is C21H22N4O5. The Balaban J connectivity index is 1.43. The predicted molar refractivity (Wildman–Crippen MR) is 110 cm³/mol. The van der Waals surface area contributed by atoms with E-state index in [2.05, 4.69) is 15.8 Å². The molecule has 9 heteroatoms. The van der Waals surface area contributed by atoms with Crippen molar-refractivity contribution in [3.8, 4) is 5.75 Å². The molecule has 2 aromatic carbocycles. The SMILES string of the molecule is O=C(N/N=C/c1ccc(OCc2ccc([N+](=O)[O-])cc2)cc1)C(=O)NC1CCCC1. The molecule has 0 bridgehead atoms. The smallest absolute Gasteiger partial charge is 0.329 e. The summed E-state index contributed by atoms with van der Waals surface area (Å²) in [6.45, 7) is 0.275. The molecule has 1 aliphatic carbocycles. The molecule has 30 heavy (non-hydrogen) atoms. The Bertz CT molecular complexity index is 919. The summed E-state index contributed by atoms with van der Waals surface area (Å²) in [5.41, 5.74) is 3.78. The molecule has 1 fully saturated rings. The second-order valence-corrected chi connectivity index (χ2v) is 6.94. The van der Waals surface area contributed by atoms with Gasteiger partial charge in [0, 0.05) is 18.2 Å². The van der Waals surface area contributed by atoms with Crippen LogP contribution < -0.4 is 15.5 Å². The number of ether oxygens (including phenoxy) is 1. The summed E-state index contributed by atoms with van der Waals surface area (Å²) < 4.78 is 5.65. The molecule has 3 rings (SSSR count). The number of nitrogens with zero attached hydrogens (tertiary/aromatic N) is 2. The van der Waals surface area contributed by atoms with Gasteiger partial charge in [0.15, 0.2) is 0 Å². The lowest BCUT2D eigenvalue weighted by molar-refractivity contribution is -0.384. The first-order valence-corrected chi connectivity index (χ1v) is 9.61. The van der Waals surface area contributed by atoms with Gasteiger partial charge < -0.3 is 10.1 Å². The number of nitro benzene ring substituents is 1. The van der Waals surface area contributed by atoms with Crippen molar-refractivity contribution in [1.82, 2.24) is 10.7 Å². The zero-order chi connectivity index (χ0) is 21.3. The number of amides is 2. The zero-order valence-corrected chi connectivity index (χ0v) is 16.2. The van der Waals surface area contributed by atoms with Crippen molar-refractivity contribution in [2.45, 2.75) is 38.3 Å². The normalized spacial score (nSPS) is 13.9. The van der Waals surface area contributed by atoms with Crippen LogP contribution in [0.2, 0.25) is 0 Å². The summed E-state index contributed by atoms with van der Waals surface area (Å²) in [6, 6.07) is 13.2. The lowest BCUT2D eigenvalue weighted by Gasteiger charge is -2.10. The van der Waals surface area contributed by atoms with E-state index in [4.69, 9.17) is 4.74 Å². The van der Waals surface area contributed by atoms with Gasteiger partial charge in [0.25, 0.3) is 5.69 Å². The highest BCUT2D eigenvalue weighted by Crippen LogP contribution is 2.17. The number of hydrogen-bond donors (Lipinski definition) is 2. The fraction of sp³-hybridized carbons (Fsp3) is 0.286. The van der Waals surface area contributed by atoms with Gasteiger partial charge in [0.2, 0.25) is 0 Å². The van der Waals surface area contributed by atoms with Crippen LogP contribution in [-0.4, -0.2) is 29.0 Å². The molecule has 0 heterocycles. The quantitative estimate of drug-likeness (QED) is 0.314. The second-order valence-electron chi connectivity index (χ2n) is 6.94. The second kappa shape index (κ2) is 10.1. The molecule has 1 saturated carbocycles. The molecule has 0 aromatic heterocycles. The van der Waals surface area contributed by atoms with E-state index in [9.17, 15) is 19.7 Å². The highest BCUT2D eigenvalue weighted by atomic mass is 16.6. The summed E-state index contributed by atoms with van der Waals surface area (Å²) in [5.74, 6) is -0.847. The monoisotopic (exact) mass is 410 g/mol. The average molecular weight is 410 g/mol. The fourth-order valence-electron chi connectivity index (χ4n) is 3.07. The van der Waals surface area contributed by atoms with Gasteiger partial charge in [-0.2, -0.15) is 5.10 Å². The molecule has 0 radical (unpaired) electrons. The van der Waals surface area contributed by atoms with E-state index < -0.39 is 16.7 Å². The number of hydrogen-bond acceptors (Lipinski definition) is 6. The van der Waals surface area contributed by atoms with E-state index >= 15 is 0 Å². The van der Waals surface area contributed by atoms with Crippen LogP contribution in [-0.2, 0) is 16.2 Å². The lowest BCUT2D eigenvalue weighted by Crippen LogP contribution is -2.42. The maximum atomic E-state index is 11.8. The van der Waals surface area contributed by atoms with Gasteiger partial charge in [-0.25, -0.2) is 5.43 Å². The first kappa shape index (κ1) is 21.0. The van der Waals surface area contributed by atoms with Gasteiger partial charge in [-0.1, -0.05) is 12.8 Å². The van der Waals surface area contributed by atoms with Crippen molar-refractivity contribution in [2.75, 3.05) is 0 Å². The Morgan fingerprint density at radius 1 is 1.07 bits per heavy atom. The van der Waals surface area contributed by atoms with Gasteiger partial charge in [-0.05, 0) is 60.4 Å². The highest BCUT2D eigenvalue weighted by Gasteiger charge is 2.20. The van der Waals surface area contributed by atoms with Crippen molar-refractivity contribution in [2.24, 2.45) is 5.10 Å². The molecule has 156 valence electrons. The minimum Gasteiger partial charge on any atom is -0.489 e. The number of non-ortho nitro benzene ring substituents is 1. The van der Waals surface area contributed by atoms with Crippen LogP contribution in [0.4, 0.5) is 5.69 Å². The number of carbonyl (C=O) groups is 2. The molecule has 0 aliphatic heterocycles. The Labute approximate surface area is 173 Å². The van der Waals surface area contributed by atoms with Gasteiger partial charge in [-0.15, -0.1) is 0 Å². The highest BCUT2D eigenvalue weighted by molar-refractivity contribution is 6.35. The molecule has 0 unspecified atom stereocenters. The fourth-order valence-corrected chi connectivity index (χ4v) is 3.07. The number of benzene rings is 2. The lowest BCUT2D eigenvalue weighted by atomic mass is 10.2. The van der Waals surface area contributed by atoms with Crippen LogP contribution in [0.25, 0.3) is 0 Å². The van der Waals surface area contributed by atoms with Crippen molar-refractivity contribution in [3.63, 3.8) is 0 Å². The molecule has 2 amide bonds. The van der Waals surface area contributed by atoms with Crippen LogP contribution in [0.3, 0.4) is 0 Å². The Morgan fingerprint density at radius 2 is 1.73 bits per heavy atom. The predicted octanol–water partition coefficient (Wildman–Crippen LogP) is 2.68. The van der Waals surface area contributed by atoms with Gasteiger partial charge >= 0.3 is 11.8 Å². The number of hydrazone groups is 1. The third kappa shape index (κ3) is 6.13. The number of carbonyl (C=O) groups excluding carboxylic acids is 2. The van der Waals surface area contributed by atoms with Crippen molar-refractivity contribution in [1.29, 1.82) is 0 Å². The van der Waals surface area contributed by atoms with E-state index in [0.717, 1.165) is 31.2 Å². The summed E-state index contributed by atoms with van der Waals surface area (Å²) in [6.07, 6.45) is 5.37. The first-order valence-electron chi connectivity index (χ1n) is 9.61. The molecule has 1 aliphatic rings. The number of nitro groups is 1. The molecule has 2 aromatic rings. The molecule has 9 nitrogen and oxygen atoms in total. The van der Waals surface area contributed by atoms with E-state index in [-0.39, 0.29) is 18.3 Å². The van der Waals surface area contributed by atoms with Gasteiger partial charge in [-0.3, -0.25) is 19.7 Å². The van der Waals surface area contributed by atoms with E-state index in [1.165, 1.54) is 18.3 Å². The summed E-state index contributed by atoms with van der Waals surface area (Å²) in [5, 5.41) is 17.2. The standard InChI is InChI=1S/C21H22N4O5/c26-20(23-17-3-1-2-4-17)21(27)24-22-13-15-7-11-19(12-8-15)30-14-16-5-9-18(10-6-16)25(28)29/h5-13,17H,1-4,14H2,(H,23,26)(H,24,27)/b22-13+.